The Balaban J connectivity index is 2.44. The van der Waals surface area contributed by atoms with Gasteiger partial charge in [0.15, 0.2) is 0 Å². The van der Waals surface area contributed by atoms with Crippen LogP contribution in [0.2, 0.25) is 0 Å². The van der Waals surface area contributed by atoms with E-state index in [2.05, 4.69) is 26.8 Å². The fraction of sp³-hybridized carbons (Fsp3) is 0.476. The van der Waals surface area contributed by atoms with Crippen molar-refractivity contribution in [1.82, 2.24) is 0 Å². The molecule has 0 aliphatic rings. The van der Waals surface area contributed by atoms with Crippen LogP contribution in [0.25, 0.3) is 6.08 Å². The van der Waals surface area contributed by atoms with E-state index in [1.54, 1.807) is 26.4 Å². The number of hydrogen-bond donors (Lipinski definition) is 0. The lowest BCUT2D eigenvalue weighted by atomic mass is 10.0. The maximum Gasteiger partial charge on any atom is 0.330 e. The minimum Gasteiger partial charge on any atom is -0.497 e. The zero-order valence-corrected chi connectivity index (χ0v) is 16.0. The predicted molar refractivity (Wildman–Crippen MR) is 102 cm³/mol. The van der Waals surface area contributed by atoms with E-state index in [4.69, 9.17) is 14.2 Å². The monoisotopic (exact) mass is 346 g/mol. The van der Waals surface area contributed by atoms with Gasteiger partial charge in [0.2, 0.25) is 0 Å². The van der Waals surface area contributed by atoms with Crippen molar-refractivity contribution in [3.63, 3.8) is 0 Å². The van der Waals surface area contributed by atoms with Crippen LogP contribution in [-0.4, -0.2) is 26.8 Å². The molecule has 1 aromatic carbocycles. The van der Waals surface area contributed by atoms with Gasteiger partial charge in [0.25, 0.3) is 0 Å². The Labute approximate surface area is 151 Å². The summed E-state index contributed by atoms with van der Waals surface area (Å²) in [6.07, 6.45) is 8.41. The van der Waals surface area contributed by atoms with Crippen LogP contribution in [0.15, 0.2) is 35.9 Å². The normalized spacial score (nSPS) is 11.9. The van der Waals surface area contributed by atoms with Gasteiger partial charge in [0, 0.05) is 11.6 Å². The predicted octanol–water partition coefficient (Wildman–Crippen LogP) is 5.03. The number of ether oxygens (including phenoxy) is 3. The average molecular weight is 346 g/mol. The van der Waals surface area contributed by atoms with E-state index in [9.17, 15) is 4.79 Å². The molecule has 4 heteroatoms. The first-order chi connectivity index (χ1) is 12.0. The Morgan fingerprint density at radius 1 is 1.16 bits per heavy atom. The van der Waals surface area contributed by atoms with E-state index in [1.165, 1.54) is 11.6 Å². The van der Waals surface area contributed by atoms with Crippen LogP contribution in [0.1, 0.15) is 45.6 Å². The van der Waals surface area contributed by atoms with Crippen molar-refractivity contribution >= 4 is 12.0 Å². The number of allylic oxidation sites excluding steroid dienone is 2. The summed E-state index contributed by atoms with van der Waals surface area (Å²) in [5.41, 5.74) is 2.12. The maximum atomic E-state index is 11.9. The first-order valence-corrected chi connectivity index (χ1v) is 8.66. The molecule has 0 fully saturated rings. The number of methoxy groups -OCH3 is 2. The molecule has 0 radical (unpaired) electrons. The fourth-order valence-electron chi connectivity index (χ4n) is 2.34. The van der Waals surface area contributed by atoms with Crippen LogP contribution >= 0.6 is 0 Å². The Morgan fingerprint density at radius 2 is 1.92 bits per heavy atom. The fourth-order valence-corrected chi connectivity index (χ4v) is 2.34. The molecule has 0 aliphatic heterocycles. The minimum absolute atomic E-state index is 0.346. The third kappa shape index (κ3) is 8.43. The number of benzene rings is 1. The largest absolute Gasteiger partial charge is 0.497 e. The molecule has 0 N–H and O–H groups in total. The van der Waals surface area contributed by atoms with E-state index in [-0.39, 0.29) is 5.97 Å². The molecule has 0 bridgehead atoms. The van der Waals surface area contributed by atoms with Gasteiger partial charge in [0.1, 0.15) is 11.5 Å². The van der Waals surface area contributed by atoms with Crippen molar-refractivity contribution in [2.24, 2.45) is 5.92 Å². The number of carbonyl (C=O) groups is 1. The van der Waals surface area contributed by atoms with Crippen molar-refractivity contribution in [1.29, 1.82) is 0 Å². The zero-order chi connectivity index (χ0) is 18.7. The highest BCUT2D eigenvalue weighted by Crippen LogP contribution is 2.25. The van der Waals surface area contributed by atoms with Crippen LogP contribution < -0.4 is 9.47 Å². The van der Waals surface area contributed by atoms with Crippen LogP contribution in [0.4, 0.5) is 0 Å². The highest BCUT2D eigenvalue weighted by molar-refractivity contribution is 5.87. The lowest BCUT2D eigenvalue weighted by Crippen LogP contribution is -2.06. The maximum absolute atomic E-state index is 11.9. The molecule has 1 rings (SSSR count). The highest BCUT2D eigenvalue weighted by Gasteiger charge is 2.05. The molecule has 0 amide bonds. The van der Waals surface area contributed by atoms with Crippen molar-refractivity contribution in [3.8, 4) is 11.5 Å². The summed E-state index contributed by atoms with van der Waals surface area (Å²) in [6.45, 7) is 6.84. The molecular formula is C21H30O4. The third-order valence-electron chi connectivity index (χ3n) is 3.90. The summed E-state index contributed by atoms with van der Waals surface area (Å²) in [5.74, 6) is 1.57. The highest BCUT2D eigenvalue weighted by atomic mass is 16.5. The van der Waals surface area contributed by atoms with Gasteiger partial charge in [-0.3, -0.25) is 0 Å². The summed E-state index contributed by atoms with van der Waals surface area (Å²) >= 11 is 0. The number of carbonyl (C=O) groups excluding carboxylic acids is 1. The van der Waals surface area contributed by atoms with Crippen LogP contribution in [0, 0.1) is 5.92 Å². The zero-order valence-electron chi connectivity index (χ0n) is 16.0. The Hall–Kier alpha value is -2.23. The van der Waals surface area contributed by atoms with Gasteiger partial charge in [0.05, 0.1) is 20.8 Å². The molecule has 1 unspecified atom stereocenters. The lowest BCUT2D eigenvalue weighted by molar-refractivity contribution is -0.138. The first-order valence-electron chi connectivity index (χ1n) is 8.66. The molecule has 0 heterocycles. The van der Waals surface area contributed by atoms with Gasteiger partial charge in [-0.15, -0.1) is 0 Å². The van der Waals surface area contributed by atoms with Gasteiger partial charge >= 0.3 is 5.97 Å². The quantitative estimate of drug-likeness (QED) is 0.338. The van der Waals surface area contributed by atoms with Crippen molar-refractivity contribution in [2.75, 3.05) is 20.8 Å². The summed E-state index contributed by atoms with van der Waals surface area (Å²) in [6, 6.07) is 5.43. The van der Waals surface area contributed by atoms with Crippen LogP contribution in [0.5, 0.6) is 11.5 Å². The summed E-state index contributed by atoms with van der Waals surface area (Å²) < 4.78 is 15.7. The van der Waals surface area contributed by atoms with E-state index in [0.717, 1.165) is 24.8 Å². The Kier molecular flexibility index (Phi) is 9.45. The standard InChI is InChI=1S/C21H30O4/c1-16(2)7-6-8-17(3)13-14-25-21(22)12-9-18-15-19(23-4)10-11-20(18)24-5/h7,9-12,15,17H,6,8,13-14H2,1-5H3/b12-9+. The second-order valence-corrected chi connectivity index (χ2v) is 6.36. The topological polar surface area (TPSA) is 44.8 Å². The van der Waals surface area contributed by atoms with Crippen molar-refractivity contribution < 1.29 is 19.0 Å². The van der Waals surface area contributed by atoms with Gasteiger partial charge in [-0.2, -0.15) is 0 Å². The molecule has 0 aromatic heterocycles. The second-order valence-electron chi connectivity index (χ2n) is 6.36. The number of rotatable bonds is 10. The number of hydrogen-bond acceptors (Lipinski definition) is 4. The molecule has 1 atom stereocenters. The number of esters is 1. The summed E-state index contributed by atoms with van der Waals surface area (Å²) in [7, 11) is 3.19. The van der Waals surface area contributed by atoms with Crippen molar-refractivity contribution in [2.45, 2.75) is 40.0 Å². The SMILES string of the molecule is COc1ccc(OC)c(/C=C/C(=O)OCCC(C)CCC=C(C)C)c1. The molecule has 0 aliphatic carbocycles. The van der Waals surface area contributed by atoms with E-state index in [0.29, 0.717) is 24.0 Å². The third-order valence-corrected chi connectivity index (χ3v) is 3.90. The Morgan fingerprint density at radius 3 is 2.56 bits per heavy atom. The van der Waals surface area contributed by atoms with Crippen LogP contribution in [-0.2, 0) is 9.53 Å². The van der Waals surface area contributed by atoms with E-state index >= 15 is 0 Å². The van der Waals surface area contributed by atoms with Crippen molar-refractivity contribution in [3.05, 3.63) is 41.5 Å². The Bertz CT molecular complexity index is 598. The molecule has 0 spiro atoms. The molecule has 25 heavy (non-hydrogen) atoms. The van der Waals surface area contributed by atoms with Crippen LogP contribution in [0.3, 0.4) is 0 Å². The lowest BCUT2D eigenvalue weighted by Gasteiger charge is -2.10. The first kappa shape index (κ1) is 20.8. The molecule has 138 valence electrons. The molecular weight excluding hydrogens is 316 g/mol. The van der Waals surface area contributed by atoms with Gasteiger partial charge in [-0.1, -0.05) is 18.6 Å². The van der Waals surface area contributed by atoms with E-state index in [1.807, 2.05) is 12.1 Å². The summed E-state index contributed by atoms with van der Waals surface area (Å²) in [4.78, 5) is 11.9. The second kappa shape index (κ2) is 11.3. The molecule has 0 saturated heterocycles. The van der Waals surface area contributed by atoms with Gasteiger partial charge < -0.3 is 14.2 Å². The average Bonchev–Trinajstić information content (AvgIpc) is 2.59. The molecule has 1 aromatic rings. The smallest absolute Gasteiger partial charge is 0.330 e. The molecule has 0 saturated carbocycles. The van der Waals surface area contributed by atoms with E-state index < -0.39 is 0 Å². The minimum atomic E-state index is -0.346. The molecule has 4 nitrogen and oxygen atoms in total. The summed E-state index contributed by atoms with van der Waals surface area (Å²) in [5, 5.41) is 0. The van der Waals surface area contributed by atoms with Gasteiger partial charge in [-0.25, -0.2) is 4.79 Å². The van der Waals surface area contributed by atoms with Gasteiger partial charge in [-0.05, 0) is 63.3 Å².